The molecule has 0 amide bonds. The summed E-state index contributed by atoms with van der Waals surface area (Å²) >= 11 is 0. The lowest BCUT2D eigenvalue weighted by Gasteiger charge is -2.44. The minimum Gasteiger partial charge on any atom is -0.379 e. The SMILES string of the molecule is c1ccc(CNC2CCCC3C2=Nc2ncnn2C3N2CCOCC2)cc1. The number of nitrogens with zero attached hydrogens (tertiary/aromatic N) is 5. The van der Waals surface area contributed by atoms with Gasteiger partial charge in [0.15, 0.2) is 0 Å². The average Bonchev–Trinajstić information content (AvgIpc) is 3.20. The van der Waals surface area contributed by atoms with Crippen molar-refractivity contribution >= 4 is 11.7 Å². The zero-order chi connectivity index (χ0) is 18.1. The maximum absolute atomic E-state index is 5.58. The van der Waals surface area contributed by atoms with Gasteiger partial charge < -0.3 is 10.1 Å². The number of aromatic nitrogens is 3. The Hall–Kier alpha value is -2.09. The first-order valence-electron chi connectivity index (χ1n) is 9.97. The normalized spacial score (nSPS) is 28.3. The van der Waals surface area contributed by atoms with Crippen molar-refractivity contribution in [1.82, 2.24) is 25.0 Å². The van der Waals surface area contributed by atoms with Gasteiger partial charge in [-0.1, -0.05) is 36.8 Å². The summed E-state index contributed by atoms with van der Waals surface area (Å²) in [7, 11) is 0. The molecule has 1 aromatic carbocycles. The Labute approximate surface area is 159 Å². The summed E-state index contributed by atoms with van der Waals surface area (Å²) in [6.07, 6.45) is 5.34. The highest BCUT2D eigenvalue weighted by atomic mass is 16.5. The van der Waals surface area contributed by atoms with E-state index < -0.39 is 0 Å². The topological polar surface area (TPSA) is 67.6 Å². The number of benzene rings is 1. The zero-order valence-electron chi connectivity index (χ0n) is 15.5. The number of hydrogen-bond acceptors (Lipinski definition) is 6. The second kappa shape index (κ2) is 7.50. The third-order valence-electron chi connectivity index (χ3n) is 5.95. The van der Waals surface area contributed by atoms with Gasteiger partial charge in [-0.2, -0.15) is 10.1 Å². The molecule has 3 unspecified atom stereocenters. The van der Waals surface area contributed by atoms with E-state index in [1.54, 1.807) is 6.33 Å². The fraction of sp³-hybridized carbons (Fsp3) is 0.550. The Bertz CT molecular complexity index is 798. The molecule has 7 heteroatoms. The number of nitrogens with one attached hydrogen (secondary N) is 1. The first-order chi connectivity index (χ1) is 13.4. The van der Waals surface area contributed by atoms with Crippen molar-refractivity contribution < 1.29 is 4.74 Å². The molecule has 3 aliphatic rings. The highest BCUT2D eigenvalue weighted by Gasteiger charge is 2.42. The molecule has 1 N–H and O–H groups in total. The standard InChI is InChI=1S/C20H26N6O/c1-2-5-15(6-3-1)13-21-17-8-4-7-16-18(17)24-20-22-14-23-26(20)19(16)25-9-11-27-12-10-25/h1-3,5-6,14,16-17,19,21H,4,7-13H2. The quantitative estimate of drug-likeness (QED) is 0.898. The first-order valence-corrected chi connectivity index (χ1v) is 9.97. The molecule has 5 rings (SSSR count). The first kappa shape index (κ1) is 17.0. The maximum Gasteiger partial charge on any atom is 0.249 e. The fourth-order valence-electron chi connectivity index (χ4n) is 4.65. The summed E-state index contributed by atoms with van der Waals surface area (Å²) in [5.74, 6) is 1.13. The van der Waals surface area contributed by atoms with Crippen LogP contribution in [0.5, 0.6) is 0 Å². The highest BCUT2D eigenvalue weighted by molar-refractivity contribution is 5.95. The number of rotatable bonds is 4. The summed E-state index contributed by atoms with van der Waals surface area (Å²) in [5.41, 5.74) is 2.57. The summed E-state index contributed by atoms with van der Waals surface area (Å²) < 4.78 is 7.60. The second-order valence-electron chi connectivity index (χ2n) is 7.56. The van der Waals surface area contributed by atoms with Crippen LogP contribution in [0.4, 0.5) is 5.95 Å². The van der Waals surface area contributed by atoms with Gasteiger partial charge in [0, 0.05) is 37.3 Å². The van der Waals surface area contributed by atoms with Crippen molar-refractivity contribution in [2.75, 3.05) is 26.3 Å². The molecule has 1 saturated heterocycles. The Morgan fingerprint density at radius 1 is 1.11 bits per heavy atom. The van der Waals surface area contributed by atoms with Crippen molar-refractivity contribution in [2.24, 2.45) is 10.9 Å². The van der Waals surface area contributed by atoms with Crippen molar-refractivity contribution in [3.63, 3.8) is 0 Å². The number of morpholine rings is 1. The minimum atomic E-state index is 0.209. The fourth-order valence-corrected chi connectivity index (χ4v) is 4.65. The maximum atomic E-state index is 5.58. The molecule has 142 valence electrons. The molecular weight excluding hydrogens is 340 g/mol. The van der Waals surface area contributed by atoms with Gasteiger partial charge in [0.25, 0.3) is 0 Å². The number of aliphatic imine (C=N–C) groups is 1. The van der Waals surface area contributed by atoms with E-state index in [9.17, 15) is 0 Å². The number of hydrogen-bond donors (Lipinski definition) is 1. The molecule has 7 nitrogen and oxygen atoms in total. The van der Waals surface area contributed by atoms with Gasteiger partial charge in [0.05, 0.1) is 13.2 Å². The number of ether oxygens (including phenoxy) is 1. The predicted octanol–water partition coefficient (Wildman–Crippen LogP) is 2.15. The van der Waals surface area contributed by atoms with Crippen molar-refractivity contribution in [1.29, 1.82) is 0 Å². The smallest absolute Gasteiger partial charge is 0.249 e. The lowest BCUT2D eigenvalue weighted by Crippen LogP contribution is -2.53. The molecule has 2 aromatic rings. The molecular formula is C20H26N6O. The third kappa shape index (κ3) is 3.31. The molecule has 0 radical (unpaired) electrons. The van der Waals surface area contributed by atoms with Crippen LogP contribution in [-0.2, 0) is 11.3 Å². The van der Waals surface area contributed by atoms with Crippen LogP contribution in [0.2, 0.25) is 0 Å². The van der Waals surface area contributed by atoms with Crippen LogP contribution >= 0.6 is 0 Å². The number of fused-ring (bicyclic) bond motifs is 2. The molecule has 0 bridgehead atoms. The van der Waals surface area contributed by atoms with E-state index in [0.29, 0.717) is 12.0 Å². The minimum absolute atomic E-state index is 0.209. The predicted molar refractivity (Wildman–Crippen MR) is 103 cm³/mol. The monoisotopic (exact) mass is 366 g/mol. The Morgan fingerprint density at radius 3 is 2.81 bits per heavy atom. The zero-order valence-corrected chi connectivity index (χ0v) is 15.5. The lowest BCUT2D eigenvalue weighted by atomic mass is 9.80. The lowest BCUT2D eigenvalue weighted by molar-refractivity contribution is -0.0191. The second-order valence-corrected chi connectivity index (χ2v) is 7.56. The average molecular weight is 366 g/mol. The Kier molecular flexibility index (Phi) is 4.73. The van der Waals surface area contributed by atoms with E-state index in [-0.39, 0.29) is 6.17 Å². The molecule has 1 aromatic heterocycles. The summed E-state index contributed by atoms with van der Waals surface area (Å²) in [6.45, 7) is 4.32. The van der Waals surface area contributed by atoms with E-state index in [0.717, 1.165) is 51.6 Å². The van der Waals surface area contributed by atoms with Gasteiger partial charge in [0.2, 0.25) is 5.95 Å². The van der Waals surface area contributed by atoms with Crippen LogP contribution in [0.25, 0.3) is 0 Å². The van der Waals surface area contributed by atoms with E-state index in [1.807, 2.05) is 4.68 Å². The highest BCUT2D eigenvalue weighted by Crippen LogP contribution is 2.39. The molecule has 1 aliphatic carbocycles. The van der Waals surface area contributed by atoms with E-state index >= 15 is 0 Å². The molecule has 2 aliphatic heterocycles. The van der Waals surface area contributed by atoms with Gasteiger partial charge in [-0.25, -0.2) is 9.67 Å². The van der Waals surface area contributed by atoms with Crippen LogP contribution in [0, 0.1) is 5.92 Å². The van der Waals surface area contributed by atoms with E-state index in [2.05, 4.69) is 50.6 Å². The molecule has 3 heterocycles. The summed E-state index contributed by atoms with van der Waals surface area (Å²) in [4.78, 5) is 11.9. The molecule has 2 fully saturated rings. The van der Waals surface area contributed by atoms with Gasteiger partial charge in [-0.3, -0.25) is 4.90 Å². The van der Waals surface area contributed by atoms with Gasteiger partial charge in [-0.05, 0) is 18.4 Å². The third-order valence-corrected chi connectivity index (χ3v) is 5.95. The van der Waals surface area contributed by atoms with Crippen molar-refractivity contribution in [2.45, 2.75) is 38.0 Å². The van der Waals surface area contributed by atoms with Gasteiger partial charge in [-0.15, -0.1) is 0 Å². The van der Waals surface area contributed by atoms with Crippen LogP contribution in [0.3, 0.4) is 0 Å². The van der Waals surface area contributed by atoms with Crippen molar-refractivity contribution in [3.8, 4) is 0 Å². The van der Waals surface area contributed by atoms with Crippen molar-refractivity contribution in [3.05, 3.63) is 42.2 Å². The van der Waals surface area contributed by atoms with Gasteiger partial charge in [0.1, 0.15) is 12.5 Å². The van der Waals surface area contributed by atoms with Crippen LogP contribution < -0.4 is 5.32 Å². The Balaban J connectivity index is 1.41. The van der Waals surface area contributed by atoms with Gasteiger partial charge >= 0.3 is 0 Å². The molecule has 0 spiro atoms. The molecule has 1 saturated carbocycles. The summed E-state index contributed by atoms with van der Waals surface area (Å²) in [5, 5.41) is 8.27. The van der Waals surface area contributed by atoms with Crippen LogP contribution in [0.15, 0.2) is 41.7 Å². The van der Waals surface area contributed by atoms with Crippen LogP contribution in [0.1, 0.15) is 31.0 Å². The van der Waals surface area contributed by atoms with E-state index in [4.69, 9.17) is 9.73 Å². The molecule has 3 atom stereocenters. The molecule has 27 heavy (non-hydrogen) atoms. The van der Waals surface area contributed by atoms with Crippen LogP contribution in [-0.4, -0.2) is 57.7 Å². The summed E-state index contributed by atoms with van der Waals surface area (Å²) in [6, 6.07) is 10.9. The van der Waals surface area contributed by atoms with E-state index in [1.165, 1.54) is 17.7 Å². The Morgan fingerprint density at radius 2 is 1.96 bits per heavy atom. The largest absolute Gasteiger partial charge is 0.379 e.